The van der Waals surface area contributed by atoms with Crippen LogP contribution < -0.4 is 5.73 Å². The minimum atomic E-state index is -1.56. The number of nitrogen functional groups attached to an aromatic ring is 1. The Bertz CT molecular complexity index is 771. The van der Waals surface area contributed by atoms with E-state index in [1.807, 2.05) is 0 Å². The minimum Gasteiger partial charge on any atom is -0.481 e. The van der Waals surface area contributed by atoms with Gasteiger partial charge in [0.15, 0.2) is 5.82 Å². The maximum atomic E-state index is 13.9. The molecule has 1 aromatic carbocycles. The number of benzene rings is 1. The van der Waals surface area contributed by atoms with Crippen molar-refractivity contribution in [2.45, 2.75) is 26.9 Å². The number of aromatic nitrogens is 3. The smallest absolute Gasteiger partial charge is 0.310 e. The van der Waals surface area contributed by atoms with E-state index in [0.29, 0.717) is 0 Å². The third-order valence-corrected chi connectivity index (χ3v) is 3.66. The van der Waals surface area contributed by atoms with E-state index in [1.54, 1.807) is 20.8 Å². The molecule has 0 aliphatic rings. The fourth-order valence-corrected chi connectivity index (χ4v) is 2.47. The highest BCUT2D eigenvalue weighted by molar-refractivity contribution is 5.72. The molecule has 0 fully saturated rings. The summed E-state index contributed by atoms with van der Waals surface area (Å²) in [6.45, 7) is 4.92. The Kier molecular flexibility index (Phi) is 4.57. The zero-order valence-corrected chi connectivity index (χ0v) is 13.4. The molecule has 7 nitrogen and oxygen atoms in total. The van der Waals surface area contributed by atoms with E-state index in [2.05, 4.69) is 10.3 Å². The molecule has 2 rings (SSSR count). The lowest BCUT2D eigenvalue weighted by Crippen LogP contribution is -2.34. The van der Waals surface area contributed by atoms with Crippen LogP contribution in [0, 0.1) is 23.0 Å². The highest BCUT2D eigenvalue weighted by atomic mass is 19.1. The van der Waals surface area contributed by atoms with Gasteiger partial charge in [0.05, 0.1) is 5.92 Å². The topological polar surface area (TPSA) is 114 Å². The normalized spacial score (nSPS) is 14.4. The Labute approximate surface area is 136 Å². The molecule has 1 heterocycles. The largest absolute Gasteiger partial charge is 0.481 e. The second-order valence-electron chi connectivity index (χ2n) is 6.49. The van der Waals surface area contributed by atoms with Crippen molar-refractivity contribution in [1.29, 1.82) is 0 Å². The number of halogens is 2. The van der Waals surface area contributed by atoms with Crippen LogP contribution in [0.2, 0.25) is 0 Å². The number of nitrogens with zero attached hydrogens (tertiary/aromatic N) is 3. The Balaban J connectivity index is 2.50. The maximum Gasteiger partial charge on any atom is 0.310 e. The van der Waals surface area contributed by atoms with Gasteiger partial charge in [-0.25, -0.2) is 8.78 Å². The van der Waals surface area contributed by atoms with Gasteiger partial charge in [-0.05, 0) is 17.5 Å². The van der Waals surface area contributed by atoms with Gasteiger partial charge < -0.3 is 15.9 Å². The summed E-state index contributed by atoms with van der Waals surface area (Å²) in [5.74, 6) is -4.22. The summed E-state index contributed by atoms with van der Waals surface area (Å²) in [5.41, 5.74) is 4.53. The van der Waals surface area contributed by atoms with Crippen molar-refractivity contribution in [1.82, 2.24) is 15.0 Å². The first-order valence-corrected chi connectivity index (χ1v) is 7.11. The van der Waals surface area contributed by atoms with Crippen molar-refractivity contribution >= 4 is 11.8 Å². The SMILES string of the molecule is CC(C)(C)C(C(=O)O)C(O)c1nnn(-c2cc(F)ccc2F)c1N. The summed E-state index contributed by atoms with van der Waals surface area (Å²) in [6.07, 6.45) is -1.56. The molecule has 0 radical (unpaired) electrons. The third-order valence-electron chi connectivity index (χ3n) is 3.66. The van der Waals surface area contributed by atoms with Crippen molar-refractivity contribution in [3.8, 4) is 5.69 Å². The van der Waals surface area contributed by atoms with Crippen LogP contribution in [0.4, 0.5) is 14.6 Å². The predicted molar refractivity (Wildman–Crippen MR) is 81.2 cm³/mol. The lowest BCUT2D eigenvalue weighted by molar-refractivity contribution is -0.151. The molecule has 24 heavy (non-hydrogen) atoms. The molecule has 0 aliphatic heterocycles. The van der Waals surface area contributed by atoms with E-state index in [1.165, 1.54) is 0 Å². The average molecular weight is 340 g/mol. The van der Waals surface area contributed by atoms with Crippen LogP contribution in [0.15, 0.2) is 18.2 Å². The van der Waals surface area contributed by atoms with Crippen LogP contribution in [0.25, 0.3) is 5.69 Å². The Morgan fingerprint density at radius 1 is 1.33 bits per heavy atom. The highest BCUT2D eigenvalue weighted by Gasteiger charge is 2.40. The van der Waals surface area contributed by atoms with Crippen molar-refractivity contribution in [2.75, 3.05) is 5.73 Å². The molecule has 0 amide bonds. The monoisotopic (exact) mass is 340 g/mol. The molecule has 0 spiro atoms. The predicted octanol–water partition coefficient (Wildman–Crippen LogP) is 1.91. The van der Waals surface area contributed by atoms with Gasteiger partial charge in [0.25, 0.3) is 0 Å². The summed E-state index contributed by atoms with van der Waals surface area (Å²) in [5, 5.41) is 27.1. The first kappa shape index (κ1) is 17.8. The fraction of sp³-hybridized carbons (Fsp3) is 0.400. The molecule has 0 saturated heterocycles. The quantitative estimate of drug-likeness (QED) is 0.783. The zero-order valence-electron chi connectivity index (χ0n) is 13.4. The van der Waals surface area contributed by atoms with E-state index in [0.717, 1.165) is 22.9 Å². The van der Waals surface area contributed by atoms with E-state index in [-0.39, 0.29) is 17.2 Å². The van der Waals surface area contributed by atoms with Gasteiger partial charge in [-0.3, -0.25) is 4.79 Å². The van der Waals surface area contributed by atoms with Crippen LogP contribution in [0.1, 0.15) is 32.6 Å². The summed E-state index contributed by atoms with van der Waals surface area (Å²) in [7, 11) is 0. The molecular weight excluding hydrogens is 322 g/mol. The second-order valence-corrected chi connectivity index (χ2v) is 6.49. The van der Waals surface area contributed by atoms with Crippen molar-refractivity contribution in [3.63, 3.8) is 0 Å². The van der Waals surface area contributed by atoms with Gasteiger partial charge in [0.2, 0.25) is 0 Å². The van der Waals surface area contributed by atoms with Gasteiger partial charge in [-0.1, -0.05) is 26.0 Å². The zero-order chi connectivity index (χ0) is 18.2. The molecule has 0 bridgehead atoms. The van der Waals surface area contributed by atoms with Crippen LogP contribution in [-0.4, -0.2) is 31.2 Å². The van der Waals surface area contributed by atoms with Gasteiger partial charge in [-0.2, -0.15) is 4.68 Å². The number of hydrogen-bond donors (Lipinski definition) is 3. The number of aliphatic carboxylic acids is 1. The van der Waals surface area contributed by atoms with E-state index in [4.69, 9.17) is 5.73 Å². The maximum absolute atomic E-state index is 13.9. The number of aliphatic hydroxyl groups is 1. The van der Waals surface area contributed by atoms with Crippen LogP contribution in [-0.2, 0) is 4.79 Å². The molecule has 2 atom stereocenters. The minimum absolute atomic E-state index is 0.207. The summed E-state index contributed by atoms with van der Waals surface area (Å²) in [4.78, 5) is 11.5. The molecule has 2 aromatic rings. The Hall–Kier alpha value is -2.55. The van der Waals surface area contributed by atoms with E-state index in [9.17, 15) is 23.8 Å². The molecule has 4 N–H and O–H groups in total. The Morgan fingerprint density at radius 2 is 1.96 bits per heavy atom. The first-order valence-electron chi connectivity index (χ1n) is 7.11. The molecular formula is C15H18F2N4O3. The number of anilines is 1. The summed E-state index contributed by atoms with van der Waals surface area (Å²) >= 11 is 0. The summed E-state index contributed by atoms with van der Waals surface area (Å²) in [6, 6.07) is 2.70. The Morgan fingerprint density at radius 3 is 2.50 bits per heavy atom. The molecule has 2 unspecified atom stereocenters. The van der Waals surface area contributed by atoms with Crippen molar-refractivity contribution < 1.29 is 23.8 Å². The van der Waals surface area contributed by atoms with E-state index < -0.39 is 35.0 Å². The van der Waals surface area contributed by atoms with Crippen LogP contribution in [0.3, 0.4) is 0 Å². The van der Waals surface area contributed by atoms with Crippen molar-refractivity contribution in [3.05, 3.63) is 35.5 Å². The molecule has 0 saturated carbocycles. The number of carboxylic acids is 1. The van der Waals surface area contributed by atoms with Gasteiger partial charge >= 0.3 is 5.97 Å². The summed E-state index contributed by atoms with van der Waals surface area (Å²) < 4.78 is 28.0. The number of carbonyl (C=O) groups is 1. The number of nitrogens with two attached hydrogens (primary N) is 1. The van der Waals surface area contributed by atoms with E-state index >= 15 is 0 Å². The number of hydrogen-bond acceptors (Lipinski definition) is 5. The number of aliphatic hydroxyl groups excluding tert-OH is 1. The second kappa shape index (κ2) is 6.16. The lowest BCUT2D eigenvalue weighted by Gasteiger charge is -2.30. The van der Waals surface area contributed by atoms with Gasteiger partial charge in [0.1, 0.15) is 29.1 Å². The van der Waals surface area contributed by atoms with Crippen molar-refractivity contribution in [2.24, 2.45) is 11.3 Å². The molecule has 130 valence electrons. The third kappa shape index (κ3) is 3.21. The van der Waals surface area contributed by atoms with Crippen LogP contribution in [0.5, 0.6) is 0 Å². The van der Waals surface area contributed by atoms with Gasteiger partial charge in [0, 0.05) is 6.07 Å². The number of rotatable bonds is 4. The van der Waals surface area contributed by atoms with Crippen LogP contribution >= 0.6 is 0 Å². The van der Waals surface area contributed by atoms with Gasteiger partial charge in [-0.15, -0.1) is 5.10 Å². The standard InChI is InChI=1S/C15H18F2N4O3/c1-15(2,3)10(14(23)24)12(22)11-13(18)21(20-19-11)9-6-7(16)4-5-8(9)17/h4-6,10,12,22H,18H2,1-3H3,(H,23,24). The molecule has 0 aliphatic carbocycles. The lowest BCUT2D eigenvalue weighted by atomic mass is 9.76. The fourth-order valence-electron chi connectivity index (χ4n) is 2.47. The highest BCUT2D eigenvalue weighted by Crippen LogP contribution is 2.38. The molecule has 1 aromatic heterocycles. The number of carboxylic acid groups (broad SMARTS) is 1. The average Bonchev–Trinajstić information content (AvgIpc) is 2.81. The first-order chi connectivity index (χ1) is 11.0. The molecule has 9 heteroatoms.